The Kier molecular flexibility index (Phi) is 6.94. The highest BCUT2D eigenvalue weighted by molar-refractivity contribution is 7.22. The van der Waals surface area contributed by atoms with E-state index in [-0.39, 0.29) is 17.4 Å². The lowest BCUT2D eigenvalue weighted by Gasteiger charge is -2.23. The average Bonchev–Trinajstić information content (AvgIpc) is 3.68. The molecule has 0 spiro atoms. The quantitative estimate of drug-likeness (QED) is 0.123. The second-order valence-electron chi connectivity index (χ2n) is 11.4. The van der Waals surface area contributed by atoms with Crippen molar-refractivity contribution in [1.82, 2.24) is 4.98 Å². The average molecular weight is 603 g/mol. The van der Waals surface area contributed by atoms with Crippen molar-refractivity contribution >= 4 is 44.1 Å². The molecule has 1 saturated heterocycles. The third kappa shape index (κ3) is 4.91. The predicted molar refractivity (Wildman–Crippen MR) is 171 cm³/mol. The minimum absolute atomic E-state index is 0.00859. The summed E-state index contributed by atoms with van der Waals surface area (Å²) in [5.74, 6) is -0.396. The molecule has 1 aromatic heterocycles. The third-order valence-corrected chi connectivity index (χ3v) is 9.06. The lowest BCUT2D eigenvalue weighted by atomic mass is 9.94. The number of thiazole rings is 1. The number of carbonyl (C=O) groups is 2. The van der Waals surface area contributed by atoms with Crippen LogP contribution in [0.5, 0.6) is 11.5 Å². The molecule has 7 rings (SSSR count). The zero-order chi connectivity index (χ0) is 30.5. The molecule has 7 nitrogen and oxygen atoms in total. The number of anilines is 1. The molecule has 5 aromatic rings. The van der Waals surface area contributed by atoms with E-state index in [9.17, 15) is 14.7 Å². The Morgan fingerprint density at radius 3 is 2.66 bits per heavy atom. The number of rotatable bonds is 6. The van der Waals surface area contributed by atoms with Gasteiger partial charge in [-0.3, -0.25) is 14.5 Å². The van der Waals surface area contributed by atoms with E-state index in [4.69, 9.17) is 14.5 Å². The highest BCUT2D eigenvalue weighted by atomic mass is 32.1. The molecular formula is C36H30N2O5S. The molecule has 1 fully saturated rings. The van der Waals surface area contributed by atoms with Crippen molar-refractivity contribution in [2.75, 3.05) is 4.90 Å². The number of fused-ring (bicyclic) bond motifs is 2. The minimum Gasteiger partial charge on any atom is -0.507 e. The van der Waals surface area contributed by atoms with Gasteiger partial charge in [0.15, 0.2) is 5.13 Å². The summed E-state index contributed by atoms with van der Waals surface area (Å²) in [4.78, 5) is 33.9. The van der Waals surface area contributed by atoms with Crippen molar-refractivity contribution < 1.29 is 24.2 Å². The van der Waals surface area contributed by atoms with Crippen LogP contribution in [-0.4, -0.2) is 27.9 Å². The van der Waals surface area contributed by atoms with E-state index in [1.807, 2.05) is 93.6 Å². The molecule has 3 heterocycles. The largest absolute Gasteiger partial charge is 0.507 e. The van der Waals surface area contributed by atoms with Crippen LogP contribution in [0.15, 0.2) is 90.5 Å². The number of benzene rings is 4. The van der Waals surface area contributed by atoms with Crippen LogP contribution in [0.2, 0.25) is 0 Å². The fourth-order valence-electron chi connectivity index (χ4n) is 6.05. The first-order valence-corrected chi connectivity index (χ1v) is 15.3. The summed E-state index contributed by atoms with van der Waals surface area (Å²) in [5, 5.41) is 12.1. The van der Waals surface area contributed by atoms with Gasteiger partial charge in [0.05, 0.1) is 21.8 Å². The van der Waals surface area contributed by atoms with Gasteiger partial charge in [-0.25, -0.2) is 4.98 Å². The molecular weight excluding hydrogens is 572 g/mol. The van der Waals surface area contributed by atoms with E-state index in [1.54, 1.807) is 12.1 Å². The second-order valence-corrected chi connectivity index (χ2v) is 12.4. The zero-order valence-electron chi connectivity index (χ0n) is 24.5. The fraction of sp³-hybridized carbons (Fsp3) is 0.194. The molecule has 0 saturated carbocycles. The summed E-state index contributed by atoms with van der Waals surface area (Å²) in [6.07, 6.45) is 0.720. The number of nitrogens with zero attached hydrogens (tertiary/aromatic N) is 2. The number of ketones is 1. The molecule has 44 heavy (non-hydrogen) atoms. The number of aromatic nitrogens is 1. The van der Waals surface area contributed by atoms with E-state index in [0.717, 1.165) is 38.2 Å². The third-order valence-electron chi connectivity index (χ3n) is 8.06. The number of carbonyl (C=O) groups excluding carboxylic acids is 2. The minimum atomic E-state index is -0.916. The maximum absolute atomic E-state index is 13.8. The first-order valence-electron chi connectivity index (χ1n) is 14.5. The van der Waals surface area contributed by atoms with Crippen LogP contribution in [-0.2, 0) is 22.6 Å². The molecule has 2 aliphatic heterocycles. The maximum atomic E-state index is 13.8. The van der Waals surface area contributed by atoms with Crippen molar-refractivity contribution in [1.29, 1.82) is 0 Å². The normalized spacial score (nSPS) is 18.9. The second kappa shape index (κ2) is 11.0. The predicted octanol–water partition coefficient (Wildman–Crippen LogP) is 7.44. The first kappa shape index (κ1) is 27.9. The highest BCUT2D eigenvalue weighted by Crippen LogP contribution is 2.45. The van der Waals surface area contributed by atoms with Gasteiger partial charge in [-0.1, -0.05) is 59.9 Å². The molecule has 8 heteroatoms. The number of hydrogen-bond acceptors (Lipinski definition) is 7. The zero-order valence-corrected chi connectivity index (χ0v) is 25.4. The van der Waals surface area contributed by atoms with E-state index in [0.29, 0.717) is 35.0 Å². The molecule has 4 aromatic carbocycles. The Morgan fingerprint density at radius 2 is 1.84 bits per heavy atom. The molecule has 220 valence electrons. The number of ether oxygens (including phenoxy) is 2. The Bertz CT molecular complexity index is 1980. The van der Waals surface area contributed by atoms with Gasteiger partial charge in [-0.2, -0.15) is 0 Å². The van der Waals surface area contributed by atoms with Crippen molar-refractivity contribution in [2.45, 2.75) is 45.9 Å². The molecule has 1 N–H and O–H groups in total. The molecule has 2 aliphatic rings. The Hall–Kier alpha value is -4.95. The molecule has 1 amide bonds. The number of aliphatic hydroxyl groups excluding tert-OH is 1. The van der Waals surface area contributed by atoms with E-state index >= 15 is 0 Å². The SMILES string of the molecule is Cc1cc(C)c2nc(N3C(=O)C(=O)/C(=C(/O)c4ccc5c(c4)C[C@@H](C)O5)[C@@H]3c3cccc(OCc4ccccc4)c3)sc2c1. The number of hydrogen-bond donors (Lipinski definition) is 1. The number of amides is 1. The van der Waals surface area contributed by atoms with E-state index < -0.39 is 17.7 Å². The Labute approximate surface area is 259 Å². The number of aryl methyl sites for hydroxylation is 2. The topological polar surface area (TPSA) is 89.0 Å². The monoisotopic (exact) mass is 602 g/mol. The van der Waals surface area contributed by atoms with Crippen LogP contribution >= 0.6 is 11.3 Å². The number of Topliss-reactive ketones (excluding diaryl/α,β-unsaturated/α-hetero) is 1. The van der Waals surface area contributed by atoms with Gasteiger partial charge in [0.2, 0.25) is 0 Å². The molecule has 0 unspecified atom stereocenters. The molecule has 2 atom stereocenters. The summed E-state index contributed by atoms with van der Waals surface area (Å²) in [5.41, 5.74) is 5.90. The number of aliphatic hydroxyl groups is 1. The summed E-state index contributed by atoms with van der Waals surface area (Å²) in [6.45, 7) is 6.34. The van der Waals surface area contributed by atoms with Gasteiger partial charge in [-0.15, -0.1) is 0 Å². The molecule has 0 radical (unpaired) electrons. The molecule has 0 bridgehead atoms. The van der Waals surface area contributed by atoms with Crippen LogP contribution in [0.4, 0.5) is 5.13 Å². The summed E-state index contributed by atoms with van der Waals surface area (Å²) in [6, 6.07) is 25.7. The standard InChI is InChI=1S/C36H30N2O5S/c1-20-14-21(2)31-29(15-20)44-36(37-31)38-32(24-10-7-11-27(18-24)42-19-23-8-5-4-6-9-23)30(34(40)35(38)41)33(39)25-12-13-28-26(17-25)16-22(3)43-28/h4-15,17-18,22,32,39H,16,19H2,1-3H3/b33-30+/t22-,32+/m1/s1. The van der Waals surface area contributed by atoms with Gasteiger partial charge < -0.3 is 14.6 Å². The maximum Gasteiger partial charge on any atom is 0.301 e. The van der Waals surface area contributed by atoms with Crippen molar-refractivity contribution in [3.8, 4) is 11.5 Å². The van der Waals surface area contributed by atoms with E-state index in [2.05, 4.69) is 0 Å². The summed E-state index contributed by atoms with van der Waals surface area (Å²) >= 11 is 1.35. The summed E-state index contributed by atoms with van der Waals surface area (Å²) in [7, 11) is 0. The van der Waals surface area contributed by atoms with Crippen molar-refractivity contribution in [2.24, 2.45) is 0 Å². The Balaban J connectivity index is 1.36. The highest BCUT2D eigenvalue weighted by Gasteiger charge is 2.48. The van der Waals surface area contributed by atoms with Crippen LogP contribution in [0, 0.1) is 13.8 Å². The van der Waals surface area contributed by atoms with Gasteiger partial charge in [0.1, 0.15) is 30.0 Å². The van der Waals surface area contributed by atoms with Crippen molar-refractivity contribution in [3.63, 3.8) is 0 Å². The van der Waals surface area contributed by atoms with Crippen LogP contribution < -0.4 is 14.4 Å². The van der Waals surface area contributed by atoms with Crippen LogP contribution in [0.25, 0.3) is 16.0 Å². The smallest absolute Gasteiger partial charge is 0.301 e. The van der Waals surface area contributed by atoms with Crippen molar-refractivity contribution in [3.05, 3.63) is 124 Å². The summed E-state index contributed by atoms with van der Waals surface area (Å²) < 4.78 is 12.9. The van der Waals surface area contributed by atoms with Gasteiger partial charge in [0.25, 0.3) is 5.78 Å². The lowest BCUT2D eigenvalue weighted by molar-refractivity contribution is -0.132. The van der Waals surface area contributed by atoms with Gasteiger partial charge in [0, 0.05) is 12.0 Å². The van der Waals surface area contributed by atoms with Gasteiger partial charge >= 0.3 is 5.91 Å². The van der Waals surface area contributed by atoms with Crippen LogP contribution in [0.1, 0.15) is 46.3 Å². The first-order chi connectivity index (χ1) is 21.3. The molecule has 0 aliphatic carbocycles. The fourth-order valence-corrected chi connectivity index (χ4v) is 7.22. The van der Waals surface area contributed by atoms with E-state index in [1.165, 1.54) is 16.2 Å². The van der Waals surface area contributed by atoms with Gasteiger partial charge in [-0.05, 0) is 85.0 Å². The van der Waals surface area contributed by atoms with Crippen LogP contribution in [0.3, 0.4) is 0 Å². The Morgan fingerprint density at radius 1 is 1.02 bits per heavy atom. The lowest BCUT2D eigenvalue weighted by Crippen LogP contribution is -2.29.